The van der Waals surface area contributed by atoms with E-state index in [0.29, 0.717) is 5.69 Å². The summed E-state index contributed by atoms with van der Waals surface area (Å²) in [5, 5.41) is 11.8. The van der Waals surface area contributed by atoms with Crippen LogP contribution in [0.25, 0.3) is 0 Å². The lowest BCUT2D eigenvalue weighted by Gasteiger charge is -2.16. The van der Waals surface area contributed by atoms with E-state index in [1.807, 2.05) is 19.1 Å². The molecule has 1 atom stereocenters. The Bertz CT molecular complexity index is 688. The van der Waals surface area contributed by atoms with Gasteiger partial charge in [0, 0.05) is 10.6 Å². The number of nitrogens with zero attached hydrogens (tertiary/aromatic N) is 1. The first-order valence-corrected chi connectivity index (χ1v) is 7.55. The fraction of sp³-hybridized carbons (Fsp3) is 0.214. The predicted molar refractivity (Wildman–Crippen MR) is 80.2 cm³/mol. The van der Waals surface area contributed by atoms with Crippen LogP contribution in [0.3, 0.4) is 0 Å². The lowest BCUT2D eigenvalue weighted by molar-refractivity contribution is -0.137. The maximum absolute atomic E-state index is 12.9. The van der Waals surface area contributed by atoms with Gasteiger partial charge in [-0.2, -0.15) is 18.4 Å². The van der Waals surface area contributed by atoms with E-state index in [4.69, 9.17) is 5.26 Å². The molecular weight excluding hydrogens is 365 g/mol. The van der Waals surface area contributed by atoms with Crippen molar-refractivity contribution in [3.8, 4) is 6.07 Å². The van der Waals surface area contributed by atoms with Gasteiger partial charge in [-0.25, -0.2) is 0 Å². The summed E-state index contributed by atoms with van der Waals surface area (Å²) in [6.45, 7) is 1.86. The average molecular weight is 375 g/mol. The second-order valence-electron chi connectivity index (χ2n) is 4.38. The molecule has 0 amide bonds. The van der Waals surface area contributed by atoms with Crippen molar-refractivity contribution < 1.29 is 13.2 Å². The van der Waals surface area contributed by atoms with E-state index in [2.05, 4.69) is 21.2 Å². The van der Waals surface area contributed by atoms with Crippen molar-refractivity contribution in [2.75, 3.05) is 5.32 Å². The highest BCUT2D eigenvalue weighted by molar-refractivity contribution is 9.11. The predicted octanol–water partition coefficient (Wildman–Crippen LogP) is 5.57. The minimum absolute atomic E-state index is 0.129. The molecule has 21 heavy (non-hydrogen) atoms. The van der Waals surface area contributed by atoms with Gasteiger partial charge in [0.15, 0.2) is 0 Å². The molecule has 2 aromatic rings. The molecule has 0 fully saturated rings. The largest absolute Gasteiger partial charge is 0.417 e. The van der Waals surface area contributed by atoms with Crippen molar-refractivity contribution in [3.63, 3.8) is 0 Å². The molecular formula is C14H10BrF3N2S. The number of halogens is 4. The zero-order valence-corrected chi connectivity index (χ0v) is 13.2. The molecule has 0 saturated heterocycles. The van der Waals surface area contributed by atoms with Crippen molar-refractivity contribution in [1.82, 2.24) is 0 Å². The fourth-order valence-corrected chi connectivity index (χ4v) is 3.27. The Morgan fingerprint density at radius 2 is 2.00 bits per heavy atom. The molecule has 7 heteroatoms. The Kier molecular flexibility index (Phi) is 4.59. The van der Waals surface area contributed by atoms with Crippen LogP contribution in [0.5, 0.6) is 0 Å². The Balaban J connectivity index is 2.27. The highest BCUT2D eigenvalue weighted by atomic mass is 79.9. The fourth-order valence-electron chi connectivity index (χ4n) is 1.85. The van der Waals surface area contributed by atoms with Gasteiger partial charge in [0.2, 0.25) is 0 Å². The third-order valence-electron chi connectivity index (χ3n) is 2.85. The quantitative estimate of drug-likeness (QED) is 0.761. The van der Waals surface area contributed by atoms with E-state index in [0.717, 1.165) is 14.7 Å². The number of thiophene rings is 1. The molecule has 0 bridgehead atoms. The highest BCUT2D eigenvalue weighted by Crippen LogP contribution is 2.35. The number of nitriles is 1. The number of nitrogens with one attached hydrogen (secondary N) is 1. The Morgan fingerprint density at radius 1 is 1.29 bits per heavy atom. The van der Waals surface area contributed by atoms with Gasteiger partial charge in [0.25, 0.3) is 0 Å². The highest BCUT2D eigenvalue weighted by Gasteiger charge is 2.33. The van der Waals surface area contributed by atoms with Crippen LogP contribution in [-0.4, -0.2) is 0 Å². The van der Waals surface area contributed by atoms with Crippen LogP contribution in [0.1, 0.15) is 29.0 Å². The van der Waals surface area contributed by atoms with Gasteiger partial charge in [-0.1, -0.05) is 0 Å². The van der Waals surface area contributed by atoms with E-state index in [1.165, 1.54) is 23.5 Å². The molecule has 2 rings (SSSR count). The molecule has 0 aliphatic rings. The normalized spacial score (nSPS) is 12.8. The summed E-state index contributed by atoms with van der Waals surface area (Å²) >= 11 is 4.86. The number of rotatable bonds is 3. The molecule has 0 aliphatic carbocycles. The molecule has 110 valence electrons. The van der Waals surface area contributed by atoms with Crippen LogP contribution in [0.15, 0.2) is 34.1 Å². The van der Waals surface area contributed by atoms with Crippen molar-refractivity contribution in [3.05, 3.63) is 50.1 Å². The van der Waals surface area contributed by atoms with E-state index >= 15 is 0 Å². The Labute approximate surface area is 132 Å². The number of hydrogen-bond acceptors (Lipinski definition) is 3. The molecule has 2 nitrogen and oxygen atoms in total. The SMILES string of the molecule is CC(Nc1ccc(C#N)c(C(F)(F)F)c1)c1ccc(Br)s1. The smallest absolute Gasteiger partial charge is 0.378 e. The van der Waals surface area contributed by atoms with Crippen LogP contribution >= 0.6 is 27.3 Å². The minimum atomic E-state index is -4.54. The minimum Gasteiger partial charge on any atom is -0.378 e. The summed E-state index contributed by atoms with van der Waals surface area (Å²) in [5.41, 5.74) is -0.965. The van der Waals surface area contributed by atoms with Crippen LogP contribution in [0.4, 0.5) is 18.9 Å². The molecule has 0 aliphatic heterocycles. The average Bonchev–Trinajstić information content (AvgIpc) is 2.84. The van der Waals surface area contributed by atoms with E-state index in [-0.39, 0.29) is 11.6 Å². The maximum atomic E-state index is 12.9. The van der Waals surface area contributed by atoms with Crippen molar-refractivity contribution >= 4 is 33.0 Å². The van der Waals surface area contributed by atoms with E-state index < -0.39 is 11.7 Å². The van der Waals surface area contributed by atoms with Gasteiger partial charge in [0.05, 0.1) is 27.0 Å². The molecule has 1 aromatic heterocycles. The number of benzene rings is 1. The molecule has 1 heterocycles. The van der Waals surface area contributed by atoms with Crippen LogP contribution in [0, 0.1) is 11.3 Å². The van der Waals surface area contributed by atoms with Crippen LogP contribution < -0.4 is 5.32 Å². The molecule has 1 unspecified atom stereocenters. The summed E-state index contributed by atoms with van der Waals surface area (Å²) < 4.78 is 39.6. The second-order valence-corrected chi connectivity index (χ2v) is 6.87. The van der Waals surface area contributed by atoms with Gasteiger partial charge < -0.3 is 5.32 Å². The van der Waals surface area contributed by atoms with Crippen molar-refractivity contribution in [2.24, 2.45) is 0 Å². The van der Waals surface area contributed by atoms with Gasteiger partial charge in [0.1, 0.15) is 0 Å². The maximum Gasteiger partial charge on any atom is 0.417 e. The first-order valence-electron chi connectivity index (χ1n) is 5.94. The van der Waals surface area contributed by atoms with Crippen LogP contribution in [-0.2, 0) is 6.18 Å². The summed E-state index contributed by atoms with van der Waals surface area (Å²) in [4.78, 5) is 1.000. The van der Waals surface area contributed by atoms with Gasteiger partial charge in [-0.15, -0.1) is 11.3 Å². The second kappa shape index (κ2) is 6.08. The summed E-state index contributed by atoms with van der Waals surface area (Å²) in [7, 11) is 0. The summed E-state index contributed by atoms with van der Waals surface area (Å²) in [5.74, 6) is 0. The first-order chi connectivity index (χ1) is 9.81. The van der Waals surface area contributed by atoms with Gasteiger partial charge in [-0.3, -0.25) is 0 Å². The number of alkyl halides is 3. The number of anilines is 1. The number of hydrogen-bond donors (Lipinski definition) is 1. The van der Waals surface area contributed by atoms with Crippen LogP contribution in [0.2, 0.25) is 0 Å². The summed E-state index contributed by atoms with van der Waals surface area (Å²) in [6, 6.07) is 8.86. The van der Waals surface area contributed by atoms with E-state index in [9.17, 15) is 13.2 Å². The van der Waals surface area contributed by atoms with Gasteiger partial charge >= 0.3 is 6.18 Å². The zero-order valence-electron chi connectivity index (χ0n) is 10.8. The van der Waals surface area contributed by atoms with Gasteiger partial charge in [-0.05, 0) is 53.2 Å². The zero-order chi connectivity index (χ0) is 15.6. The lowest BCUT2D eigenvalue weighted by atomic mass is 10.1. The molecule has 0 saturated carbocycles. The van der Waals surface area contributed by atoms with Crippen molar-refractivity contribution in [1.29, 1.82) is 5.26 Å². The van der Waals surface area contributed by atoms with E-state index in [1.54, 1.807) is 6.07 Å². The third kappa shape index (κ3) is 3.77. The molecule has 1 aromatic carbocycles. The molecule has 0 spiro atoms. The molecule has 0 radical (unpaired) electrons. The lowest BCUT2D eigenvalue weighted by Crippen LogP contribution is -2.10. The Morgan fingerprint density at radius 3 is 2.52 bits per heavy atom. The summed E-state index contributed by atoms with van der Waals surface area (Å²) in [6.07, 6.45) is -4.54. The van der Waals surface area contributed by atoms with Crippen molar-refractivity contribution in [2.45, 2.75) is 19.1 Å². The molecule has 1 N–H and O–H groups in total. The monoisotopic (exact) mass is 374 g/mol. The topological polar surface area (TPSA) is 35.8 Å². The Hall–Kier alpha value is -1.52. The standard InChI is InChI=1S/C14H10BrF3N2S/c1-8(12-4-5-13(15)21-12)20-10-3-2-9(7-19)11(6-10)14(16,17)18/h2-6,8,20H,1H3. The third-order valence-corrected chi connectivity index (χ3v) is 4.66. The first kappa shape index (κ1) is 15.9.